The van der Waals surface area contributed by atoms with Crippen molar-refractivity contribution in [3.63, 3.8) is 0 Å². The van der Waals surface area contributed by atoms with E-state index < -0.39 is 5.60 Å². The highest BCUT2D eigenvalue weighted by Crippen LogP contribution is 2.20. The van der Waals surface area contributed by atoms with Crippen molar-refractivity contribution in [3.8, 4) is 0 Å². The van der Waals surface area contributed by atoms with Gasteiger partial charge in [-0.2, -0.15) is 0 Å². The Hall–Kier alpha value is -0.120. The average Bonchev–Trinajstić information content (AvgIpc) is 2.94. The van der Waals surface area contributed by atoms with E-state index in [0.29, 0.717) is 0 Å². The van der Waals surface area contributed by atoms with Gasteiger partial charge in [-0.15, -0.1) is 0 Å². The van der Waals surface area contributed by atoms with Crippen LogP contribution in [0, 0.1) is 0 Å². The molecule has 88 valence electrons. The number of nitrogens with one attached hydrogen (secondary N) is 1. The molecule has 0 aromatic heterocycles. The Morgan fingerprint density at radius 2 is 2.27 bits per heavy atom. The minimum Gasteiger partial charge on any atom is -0.389 e. The summed E-state index contributed by atoms with van der Waals surface area (Å²) in [5.74, 6) is 0. The number of nitrogens with zero attached hydrogens (tertiary/aromatic N) is 1. The number of hydrogen-bond acceptors (Lipinski definition) is 3. The largest absolute Gasteiger partial charge is 0.389 e. The quantitative estimate of drug-likeness (QED) is 0.667. The summed E-state index contributed by atoms with van der Waals surface area (Å²) in [7, 11) is 0. The molecule has 1 atom stereocenters. The molecule has 15 heavy (non-hydrogen) atoms. The lowest BCUT2D eigenvalue weighted by Crippen LogP contribution is -2.46. The molecule has 2 aliphatic rings. The predicted octanol–water partition coefficient (Wildman–Crippen LogP) is 0.975. The van der Waals surface area contributed by atoms with Gasteiger partial charge in [0.1, 0.15) is 0 Å². The molecule has 0 aromatic carbocycles. The summed E-state index contributed by atoms with van der Waals surface area (Å²) in [6, 6.07) is 0.828. The summed E-state index contributed by atoms with van der Waals surface area (Å²) in [5, 5.41) is 13.5. The Labute approximate surface area is 92.8 Å². The first-order chi connectivity index (χ1) is 7.16. The van der Waals surface area contributed by atoms with Crippen LogP contribution < -0.4 is 5.32 Å². The van der Waals surface area contributed by atoms with Crippen molar-refractivity contribution in [2.45, 2.75) is 50.7 Å². The lowest BCUT2D eigenvalue weighted by atomic mass is 9.95. The van der Waals surface area contributed by atoms with Gasteiger partial charge in [0.15, 0.2) is 0 Å². The van der Waals surface area contributed by atoms with E-state index in [0.717, 1.165) is 38.5 Å². The van der Waals surface area contributed by atoms with Crippen LogP contribution in [0.4, 0.5) is 0 Å². The molecule has 2 N–H and O–H groups in total. The number of rotatable bonds is 5. The Bertz CT molecular complexity index is 202. The van der Waals surface area contributed by atoms with Crippen LogP contribution >= 0.6 is 0 Å². The maximum atomic E-state index is 9.94. The van der Waals surface area contributed by atoms with Crippen molar-refractivity contribution in [1.29, 1.82) is 0 Å². The second-order valence-corrected chi connectivity index (χ2v) is 5.46. The van der Waals surface area contributed by atoms with Gasteiger partial charge in [-0.3, -0.25) is 0 Å². The molecule has 1 heterocycles. The fraction of sp³-hybridized carbons (Fsp3) is 1.00. The zero-order valence-electron chi connectivity index (χ0n) is 9.84. The molecule has 1 aliphatic heterocycles. The molecule has 3 nitrogen and oxygen atoms in total. The van der Waals surface area contributed by atoms with Crippen molar-refractivity contribution < 1.29 is 5.11 Å². The van der Waals surface area contributed by atoms with Gasteiger partial charge in [0.2, 0.25) is 0 Å². The Kier molecular flexibility index (Phi) is 3.65. The van der Waals surface area contributed by atoms with Crippen LogP contribution in [0.25, 0.3) is 0 Å². The molecular weight excluding hydrogens is 188 g/mol. The molecule has 0 spiro atoms. The lowest BCUT2D eigenvalue weighted by molar-refractivity contribution is -0.0156. The van der Waals surface area contributed by atoms with Gasteiger partial charge in [0.25, 0.3) is 0 Å². The third-order valence-corrected chi connectivity index (χ3v) is 3.42. The van der Waals surface area contributed by atoms with Crippen molar-refractivity contribution in [2.75, 3.05) is 26.2 Å². The summed E-state index contributed by atoms with van der Waals surface area (Å²) >= 11 is 0. The minimum absolute atomic E-state index is 0.442. The van der Waals surface area contributed by atoms with E-state index in [1.54, 1.807) is 0 Å². The minimum atomic E-state index is -0.442. The van der Waals surface area contributed by atoms with E-state index in [4.69, 9.17) is 0 Å². The van der Waals surface area contributed by atoms with Gasteiger partial charge >= 0.3 is 0 Å². The maximum absolute atomic E-state index is 9.94. The van der Waals surface area contributed by atoms with Crippen LogP contribution in [0.5, 0.6) is 0 Å². The smallest absolute Gasteiger partial charge is 0.0746 e. The third-order valence-electron chi connectivity index (χ3n) is 3.42. The van der Waals surface area contributed by atoms with Crippen molar-refractivity contribution in [2.24, 2.45) is 0 Å². The maximum Gasteiger partial charge on any atom is 0.0746 e. The zero-order chi connectivity index (χ0) is 10.7. The second-order valence-electron chi connectivity index (χ2n) is 5.46. The van der Waals surface area contributed by atoms with Crippen LogP contribution in [0.3, 0.4) is 0 Å². The SMILES string of the molecule is CC1(O)CCCN(CCCNC2CC2)C1. The van der Waals surface area contributed by atoms with Crippen molar-refractivity contribution >= 4 is 0 Å². The first-order valence-corrected chi connectivity index (χ1v) is 6.34. The summed E-state index contributed by atoms with van der Waals surface area (Å²) < 4.78 is 0. The fourth-order valence-corrected chi connectivity index (χ4v) is 2.41. The summed E-state index contributed by atoms with van der Waals surface area (Å²) in [5.41, 5.74) is -0.442. The first-order valence-electron chi connectivity index (χ1n) is 6.34. The highest BCUT2D eigenvalue weighted by atomic mass is 16.3. The van der Waals surface area contributed by atoms with E-state index in [9.17, 15) is 5.11 Å². The number of β-amino-alcohol motifs (C(OH)–C–C–N with tert-alkyl or cyclic N) is 1. The Morgan fingerprint density at radius 3 is 2.93 bits per heavy atom. The topological polar surface area (TPSA) is 35.5 Å². The highest BCUT2D eigenvalue weighted by Gasteiger charge is 2.27. The molecule has 1 unspecified atom stereocenters. The number of hydrogen-bond donors (Lipinski definition) is 2. The summed E-state index contributed by atoms with van der Waals surface area (Å²) in [6.45, 7) is 6.26. The molecule has 3 heteroatoms. The highest BCUT2D eigenvalue weighted by molar-refractivity contribution is 4.83. The van der Waals surface area contributed by atoms with E-state index >= 15 is 0 Å². The summed E-state index contributed by atoms with van der Waals surface area (Å²) in [4.78, 5) is 2.40. The first kappa shape index (κ1) is 11.4. The van der Waals surface area contributed by atoms with Crippen molar-refractivity contribution in [1.82, 2.24) is 10.2 Å². The average molecular weight is 212 g/mol. The van der Waals surface area contributed by atoms with Gasteiger partial charge in [0, 0.05) is 12.6 Å². The molecule has 1 saturated heterocycles. The molecule has 0 bridgehead atoms. The Balaban J connectivity index is 1.57. The number of likely N-dealkylation sites (tertiary alicyclic amines) is 1. The molecular formula is C12H24N2O. The van der Waals surface area contributed by atoms with E-state index in [2.05, 4.69) is 10.2 Å². The molecule has 2 rings (SSSR count). The van der Waals surface area contributed by atoms with Crippen LogP contribution in [0.15, 0.2) is 0 Å². The van der Waals surface area contributed by atoms with Gasteiger partial charge in [-0.1, -0.05) is 0 Å². The number of piperidine rings is 1. The van der Waals surface area contributed by atoms with Gasteiger partial charge in [0.05, 0.1) is 5.60 Å². The molecule has 0 aromatic rings. The summed E-state index contributed by atoms with van der Waals surface area (Å²) in [6.07, 6.45) is 6.07. The normalized spacial score (nSPS) is 33.2. The molecule has 0 radical (unpaired) electrons. The van der Waals surface area contributed by atoms with Gasteiger partial charge < -0.3 is 15.3 Å². The second kappa shape index (κ2) is 4.81. The molecule has 1 aliphatic carbocycles. The van der Waals surface area contributed by atoms with Crippen LogP contribution in [0.2, 0.25) is 0 Å². The van der Waals surface area contributed by atoms with Crippen LogP contribution in [-0.2, 0) is 0 Å². The van der Waals surface area contributed by atoms with E-state index in [-0.39, 0.29) is 0 Å². The zero-order valence-corrected chi connectivity index (χ0v) is 9.84. The lowest BCUT2D eigenvalue weighted by Gasteiger charge is -2.36. The van der Waals surface area contributed by atoms with E-state index in [1.165, 1.54) is 25.8 Å². The standard InChI is InChI=1S/C12H24N2O/c1-12(15)6-2-8-14(10-12)9-3-7-13-11-4-5-11/h11,13,15H,2-10H2,1H3. The third kappa shape index (κ3) is 4.09. The molecule has 1 saturated carbocycles. The van der Waals surface area contributed by atoms with Gasteiger partial charge in [-0.25, -0.2) is 0 Å². The molecule has 0 amide bonds. The fourth-order valence-electron chi connectivity index (χ4n) is 2.41. The van der Waals surface area contributed by atoms with Gasteiger partial charge in [-0.05, 0) is 58.7 Å². The van der Waals surface area contributed by atoms with E-state index in [1.807, 2.05) is 6.92 Å². The van der Waals surface area contributed by atoms with Crippen LogP contribution in [0.1, 0.15) is 39.0 Å². The predicted molar refractivity (Wildman–Crippen MR) is 61.9 cm³/mol. The van der Waals surface area contributed by atoms with Crippen LogP contribution in [-0.4, -0.2) is 47.8 Å². The van der Waals surface area contributed by atoms with Crippen molar-refractivity contribution in [3.05, 3.63) is 0 Å². The molecule has 2 fully saturated rings. The number of aliphatic hydroxyl groups is 1. The Morgan fingerprint density at radius 1 is 1.47 bits per heavy atom. The monoisotopic (exact) mass is 212 g/mol.